The molecule has 16 heavy (non-hydrogen) atoms. The third kappa shape index (κ3) is 3.13. The lowest BCUT2D eigenvalue weighted by molar-refractivity contribution is 0.0915. The molecule has 1 amide bonds. The highest BCUT2D eigenvalue weighted by Gasteiger charge is 2.23. The molecule has 0 bridgehead atoms. The van der Waals surface area contributed by atoms with Crippen molar-refractivity contribution in [2.24, 2.45) is 0 Å². The van der Waals surface area contributed by atoms with Crippen LogP contribution in [-0.2, 0) is 0 Å². The van der Waals surface area contributed by atoms with E-state index in [9.17, 15) is 4.79 Å². The number of nitrogens with one attached hydrogen (secondary N) is 2. The summed E-state index contributed by atoms with van der Waals surface area (Å²) in [6, 6.07) is 0.530. The summed E-state index contributed by atoms with van der Waals surface area (Å²) in [4.78, 5) is 11.7. The Morgan fingerprint density at radius 1 is 1.69 bits per heavy atom. The number of hydrogen-bond donors (Lipinski definition) is 2. The van der Waals surface area contributed by atoms with Gasteiger partial charge in [0.2, 0.25) is 0 Å². The zero-order valence-corrected chi connectivity index (χ0v) is 10.6. The smallest absolute Gasteiger partial charge is 0.272 e. The van der Waals surface area contributed by atoms with Gasteiger partial charge < -0.3 is 10.6 Å². The Hall–Kier alpha value is -0.720. The van der Waals surface area contributed by atoms with Gasteiger partial charge in [-0.05, 0) is 26.3 Å². The van der Waals surface area contributed by atoms with Gasteiger partial charge in [0.05, 0.1) is 17.9 Å². The molecule has 1 fully saturated rings. The number of amides is 1. The number of carbonyl (C=O) groups is 1. The fourth-order valence-electron chi connectivity index (χ4n) is 1.75. The lowest BCUT2D eigenvalue weighted by atomic mass is 10.00. The highest BCUT2D eigenvalue weighted by Crippen LogP contribution is 2.09. The molecule has 2 unspecified atom stereocenters. The first-order valence-corrected chi connectivity index (χ1v) is 5.82. The summed E-state index contributed by atoms with van der Waals surface area (Å²) in [5.41, 5.74) is 0.415. The Morgan fingerprint density at radius 3 is 3.12 bits per heavy atom. The van der Waals surface area contributed by atoms with Crippen LogP contribution in [0, 0.1) is 0 Å². The molecule has 0 aliphatic carbocycles. The average Bonchev–Trinajstić information content (AvgIpc) is 2.74. The van der Waals surface area contributed by atoms with Crippen molar-refractivity contribution in [1.82, 2.24) is 19.4 Å². The molecule has 2 atom stereocenters. The molecule has 0 radical (unpaired) electrons. The Labute approximate surface area is 105 Å². The van der Waals surface area contributed by atoms with Gasteiger partial charge in [0.25, 0.3) is 5.91 Å². The first-order valence-electron chi connectivity index (χ1n) is 5.09. The minimum atomic E-state index is -0.121. The van der Waals surface area contributed by atoms with Crippen molar-refractivity contribution in [1.29, 1.82) is 0 Å². The van der Waals surface area contributed by atoms with Crippen molar-refractivity contribution in [3.63, 3.8) is 0 Å². The Balaban J connectivity index is 0.00000128. The van der Waals surface area contributed by atoms with Crippen LogP contribution in [0.3, 0.4) is 0 Å². The van der Waals surface area contributed by atoms with Gasteiger partial charge in [-0.2, -0.15) is 8.75 Å². The van der Waals surface area contributed by atoms with Crippen molar-refractivity contribution < 1.29 is 4.79 Å². The maximum atomic E-state index is 11.7. The lowest BCUT2D eigenvalue weighted by Crippen LogP contribution is -2.51. The second-order valence-electron chi connectivity index (χ2n) is 3.76. The Kier molecular flexibility index (Phi) is 5.11. The van der Waals surface area contributed by atoms with Crippen LogP contribution < -0.4 is 10.6 Å². The number of hydrogen-bond acceptors (Lipinski definition) is 5. The number of carbonyl (C=O) groups excluding carboxylic acids is 1. The second kappa shape index (κ2) is 6.12. The van der Waals surface area contributed by atoms with E-state index in [-0.39, 0.29) is 24.4 Å². The van der Waals surface area contributed by atoms with Crippen molar-refractivity contribution in [2.75, 3.05) is 6.54 Å². The summed E-state index contributed by atoms with van der Waals surface area (Å²) < 4.78 is 7.71. The molecule has 2 N–H and O–H groups in total. The number of rotatable bonds is 2. The lowest BCUT2D eigenvalue weighted by Gasteiger charge is -2.30. The molecule has 2 rings (SSSR count). The molecule has 1 aliphatic heterocycles. The van der Waals surface area contributed by atoms with Gasteiger partial charge in [-0.1, -0.05) is 0 Å². The molecule has 1 aromatic rings. The summed E-state index contributed by atoms with van der Waals surface area (Å²) >= 11 is 1.05. The number of aromatic nitrogens is 2. The molecule has 1 aromatic heterocycles. The standard InChI is InChI=1S/C9H14N4OS.ClH/c1-6-7(3-2-4-10-6)12-9(14)8-5-11-15-13-8;/h5-7,10H,2-4H2,1H3,(H,12,14);1H. The van der Waals surface area contributed by atoms with E-state index >= 15 is 0 Å². The minimum absolute atomic E-state index is 0. The third-order valence-corrected chi connectivity index (χ3v) is 3.15. The molecule has 5 nitrogen and oxygen atoms in total. The van der Waals surface area contributed by atoms with Crippen molar-refractivity contribution in [3.8, 4) is 0 Å². The van der Waals surface area contributed by atoms with E-state index in [4.69, 9.17) is 0 Å². The summed E-state index contributed by atoms with van der Waals surface area (Å²) in [5, 5.41) is 6.31. The summed E-state index contributed by atoms with van der Waals surface area (Å²) in [7, 11) is 0. The highest BCUT2D eigenvalue weighted by atomic mass is 35.5. The Bertz CT molecular complexity index is 332. The largest absolute Gasteiger partial charge is 0.346 e. The van der Waals surface area contributed by atoms with Gasteiger partial charge in [0.1, 0.15) is 0 Å². The van der Waals surface area contributed by atoms with E-state index in [1.807, 2.05) is 0 Å². The van der Waals surface area contributed by atoms with E-state index in [2.05, 4.69) is 26.3 Å². The zero-order valence-electron chi connectivity index (χ0n) is 8.97. The number of nitrogens with zero attached hydrogens (tertiary/aromatic N) is 2. The number of piperidine rings is 1. The van der Waals surface area contributed by atoms with Crippen LogP contribution in [0.5, 0.6) is 0 Å². The SMILES string of the molecule is CC1NCCCC1NC(=O)c1cnsn1.Cl. The van der Waals surface area contributed by atoms with Crippen molar-refractivity contribution >= 4 is 30.0 Å². The monoisotopic (exact) mass is 262 g/mol. The molecule has 1 aliphatic rings. The van der Waals surface area contributed by atoms with Gasteiger partial charge in [-0.25, -0.2) is 0 Å². The van der Waals surface area contributed by atoms with Gasteiger partial charge in [0.15, 0.2) is 5.69 Å². The van der Waals surface area contributed by atoms with Crippen LogP contribution in [0.15, 0.2) is 6.20 Å². The Morgan fingerprint density at radius 2 is 2.50 bits per heavy atom. The number of halogens is 1. The molecule has 2 heterocycles. The van der Waals surface area contributed by atoms with Crippen LogP contribution in [0.2, 0.25) is 0 Å². The predicted octanol–water partition coefficient (Wildman–Crippen LogP) is 0.830. The van der Waals surface area contributed by atoms with Gasteiger partial charge in [-0.15, -0.1) is 12.4 Å². The first-order chi connectivity index (χ1) is 7.27. The first kappa shape index (κ1) is 13.3. The average molecular weight is 263 g/mol. The van der Waals surface area contributed by atoms with E-state index < -0.39 is 0 Å². The predicted molar refractivity (Wildman–Crippen MR) is 65.1 cm³/mol. The summed E-state index contributed by atoms with van der Waals surface area (Å²) in [6.07, 6.45) is 3.63. The molecule has 0 saturated carbocycles. The van der Waals surface area contributed by atoms with Crippen LogP contribution in [-0.4, -0.2) is 33.3 Å². The van der Waals surface area contributed by atoms with Gasteiger partial charge in [0, 0.05) is 12.1 Å². The molecule has 90 valence electrons. The maximum Gasteiger partial charge on any atom is 0.272 e. The minimum Gasteiger partial charge on any atom is -0.346 e. The fraction of sp³-hybridized carbons (Fsp3) is 0.667. The quantitative estimate of drug-likeness (QED) is 0.829. The van der Waals surface area contributed by atoms with Crippen molar-refractivity contribution in [2.45, 2.75) is 31.8 Å². The van der Waals surface area contributed by atoms with E-state index in [0.29, 0.717) is 11.7 Å². The topological polar surface area (TPSA) is 66.9 Å². The second-order valence-corrected chi connectivity index (χ2v) is 4.31. The van der Waals surface area contributed by atoms with E-state index in [1.165, 1.54) is 6.20 Å². The van der Waals surface area contributed by atoms with Crippen LogP contribution in [0.4, 0.5) is 0 Å². The maximum absolute atomic E-state index is 11.7. The van der Waals surface area contributed by atoms with E-state index in [0.717, 1.165) is 31.1 Å². The molecular weight excluding hydrogens is 248 g/mol. The summed E-state index contributed by atoms with van der Waals surface area (Å²) in [5.74, 6) is -0.121. The van der Waals surface area contributed by atoms with E-state index in [1.54, 1.807) is 0 Å². The van der Waals surface area contributed by atoms with Crippen molar-refractivity contribution in [3.05, 3.63) is 11.9 Å². The molecule has 1 saturated heterocycles. The molecule has 0 aromatic carbocycles. The highest BCUT2D eigenvalue weighted by molar-refractivity contribution is 6.99. The van der Waals surface area contributed by atoms with Crippen LogP contribution in [0.1, 0.15) is 30.3 Å². The third-order valence-electron chi connectivity index (χ3n) is 2.67. The van der Waals surface area contributed by atoms with Crippen LogP contribution in [0.25, 0.3) is 0 Å². The molecular formula is C9H15ClN4OS. The zero-order chi connectivity index (χ0) is 10.7. The normalized spacial score (nSPS) is 24.6. The van der Waals surface area contributed by atoms with Gasteiger partial charge in [-0.3, -0.25) is 4.79 Å². The van der Waals surface area contributed by atoms with Gasteiger partial charge >= 0.3 is 0 Å². The molecule has 0 spiro atoms. The molecule has 7 heteroatoms. The fourth-order valence-corrected chi connectivity index (χ4v) is 2.16. The van der Waals surface area contributed by atoms with Crippen LogP contribution >= 0.6 is 24.1 Å². The summed E-state index contributed by atoms with van der Waals surface area (Å²) in [6.45, 7) is 3.12.